The molecule has 0 spiro atoms. The zero-order valence-electron chi connectivity index (χ0n) is 13.0. The minimum absolute atomic E-state index is 0.198. The fourth-order valence-corrected chi connectivity index (χ4v) is 3.11. The van der Waals surface area contributed by atoms with Crippen LogP contribution in [-0.2, 0) is 4.74 Å². The highest BCUT2D eigenvalue weighted by Gasteiger charge is 2.34. The van der Waals surface area contributed by atoms with Gasteiger partial charge in [0.05, 0.1) is 0 Å². The molecule has 0 radical (unpaired) electrons. The molecule has 2 aliphatic rings. The number of aliphatic hydroxyl groups excluding tert-OH is 1. The van der Waals surface area contributed by atoms with Gasteiger partial charge in [0.25, 0.3) is 0 Å². The number of aliphatic hydroxyl groups is 1. The van der Waals surface area contributed by atoms with Crippen molar-refractivity contribution in [3.63, 3.8) is 0 Å². The van der Waals surface area contributed by atoms with Crippen LogP contribution >= 0.6 is 0 Å². The van der Waals surface area contributed by atoms with E-state index in [-0.39, 0.29) is 12.7 Å². The summed E-state index contributed by atoms with van der Waals surface area (Å²) < 4.78 is 5.43. The highest BCUT2D eigenvalue weighted by molar-refractivity contribution is 5.68. The van der Waals surface area contributed by atoms with E-state index >= 15 is 0 Å². The molecule has 5 nitrogen and oxygen atoms in total. The van der Waals surface area contributed by atoms with Crippen LogP contribution < -0.4 is 0 Å². The van der Waals surface area contributed by atoms with Crippen LogP contribution in [0.25, 0.3) is 0 Å². The standard InChI is InChI=1S/C15H28N2O3/c1-15(2,3)20-14(19)17-8-6-13(10-17)16-7-4-5-12(9-16)11-18/h12-13,18H,4-11H2,1-3H3. The Bertz CT molecular complexity index is 341. The third kappa shape index (κ3) is 4.09. The van der Waals surface area contributed by atoms with E-state index < -0.39 is 5.60 Å². The van der Waals surface area contributed by atoms with Crippen molar-refractivity contribution >= 4 is 6.09 Å². The summed E-state index contributed by atoms with van der Waals surface area (Å²) in [5, 5.41) is 9.31. The molecule has 2 unspecified atom stereocenters. The molecule has 0 aliphatic carbocycles. The zero-order chi connectivity index (χ0) is 14.8. The lowest BCUT2D eigenvalue weighted by atomic mass is 9.97. The average molecular weight is 284 g/mol. The number of hydrogen-bond donors (Lipinski definition) is 1. The highest BCUT2D eigenvalue weighted by Crippen LogP contribution is 2.24. The van der Waals surface area contributed by atoms with Gasteiger partial charge in [-0.1, -0.05) is 0 Å². The largest absolute Gasteiger partial charge is 0.444 e. The van der Waals surface area contributed by atoms with Crippen molar-refractivity contribution < 1.29 is 14.6 Å². The van der Waals surface area contributed by atoms with Crippen LogP contribution in [0.15, 0.2) is 0 Å². The summed E-state index contributed by atoms with van der Waals surface area (Å²) in [6, 6.07) is 0.428. The van der Waals surface area contributed by atoms with E-state index in [0.717, 1.165) is 45.4 Å². The summed E-state index contributed by atoms with van der Waals surface area (Å²) in [5.41, 5.74) is -0.428. The maximum atomic E-state index is 12.1. The minimum atomic E-state index is -0.428. The van der Waals surface area contributed by atoms with E-state index in [0.29, 0.717) is 12.0 Å². The number of rotatable bonds is 2. The number of carbonyl (C=O) groups excluding carboxylic acids is 1. The van der Waals surface area contributed by atoms with E-state index in [4.69, 9.17) is 4.74 Å². The van der Waals surface area contributed by atoms with Gasteiger partial charge >= 0.3 is 6.09 Å². The Morgan fingerprint density at radius 1 is 1.25 bits per heavy atom. The normalized spacial score (nSPS) is 28.7. The van der Waals surface area contributed by atoms with Crippen molar-refractivity contribution in [1.29, 1.82) is 0 Å². The van der Waals surface area contributed by atoms with E-state index in [1.54, 1.807) is 0 Å². The first-order valence-electron chi connectivity index (χ1n) is 7.72. The first-order chi connectivity index (χ1) is 9.39. The second-order valence-corrected chi connectivity index (χ2v) is 7.05. The van der Waals surface area contributed by atoms with Crippen LogP contribution in [0.5, 0.6) is 0 Å². The van der Waals surface area contributed by atoms with Crippen molar-refractivity contribution in [3.8, 4) is 0 Å². The average Bonchev–Trinajstić information content (AvgIpc) is 2.86. The minimum Gasteiger partial charge on any atom is -0.444 e. The van der Waals surface area contributed by atoms with Gasteiger partial charge in [-0.05, 0) is 52.5 Å². The van der Waals surface area contributed by atoms with Crippen molar-refractivity contribution in [1.82, 2.24) is 9.80 Å². The van der Waals surface area contributed by atoms with Crippen molar-refractivity contribution in [2.24, 2.45) is 5.92 Å². The molecule has 0 aromatic heterocycles. The van der Waals surface area contributed by atoms with Crippen LogP contribution in [0.3, 0.4) is 0 Å². The molecule has 2 heterocycles. The quantitative estimate of drug-likeness (QED) is 0.838. The summed E-state index contributed by atoms with van der Waals surface area (Å²) in [5.74, 6) is 0.402. The van der Waals surface area contributed by atoms with Gasteiger partial charge in [0, 0.05) is 32.3 Å². The van der Waals surface area contributed by atoms with Gasteiger partial charge < -0.3 is 14.7 Å². The first-order valence-corrected chi connectivity index (χ1v) is 7.72. The van der Waals surface area contributed by atoms with E-state index in [1.807, 2.05) is 25.7 Å². The number of hydrogen-bond acceptors (Lipinski definition) is 4. The molecule has 0 saturated carbocycles. The molecule has 0 aromatic rings. The molecule has 20 heavy (non-hydrogen) atoms. The lowest BCUT2D eigenvalue weighted by Gasteiger charge is -2.36. The lowest BCUT2D eigenvalue weighted by Crippen LogP contribution is -2.45. The summed E-state index contributed by atoms with van der Waals surface area (Å²) in [7, 11) is 0. The molecule has 2 aliphatic heterocycles. The van der Waals surface area contributed by atoms with Gasteiger partial charge in [0.1, 0.15) is 5.60 Å². The van der Waals surface area contributed by atoms with Gasteiger partial charge in [-0.2, -0.15) is 0 Å². The maximum Gasteiger partial charge on any atom is 0.410 e. The molecule has 5 heteroatoms. The summed E-state index contributed by atoms with van der Waals surface area (Å²) in [6.45, 7) is 9.55. The molecule has 2 saturated heterocycles. The van der Waals surface area contributed by atoms with Gasteiger partial charge in [0.2, 0.25) is 0 Å². The van der Waals surface area contributed by atoms with Gasteiger partial charge in [-0.15, -0.1) is 0 Å². The zero-order valence-corrected chi connectivity index (χ0v) is 13.0. The number of likely N-dealkylation sites (tertiary alicyclic amines) is 2. The fourth-order valence-electron chi connectivity index (χ4n) is 3.11. The maximum absolute atomic E-state index is 12.1. The smallest absolute Gasteiger partial charge is 0.410 e. The molecule has 1 N–H and O–H groups in total. The predicted molar refractivity (Wildman–Crippen MR) is 77.6 cm³/mol. The molecule has 0 bridgehead atoms. The second-order valence-electron chi connectivity index (χ2n) is 7.05. The topological polar surface area (TPSA) is 53.0 Å². The molecule has 2 fully saturated rings. The monoisotopic (exact) mass is 284 g/mol. The third-order valence-corrected chi connectivity index (χ3v) is 4.14. The second kappa shape index (κ2) is 6.31. The van der Waals surface area contributed by atoms with E-state index in [2.05, 4.69) is 4.90 Å². The van der Waals surface area contributed by atoms with Crippen LogP contribution in [0.1, 0.15) is 40.0 Å². The van der Waals surface area contributed by atoms with E-state index in [1.165, 1.54) is 0 Å². The van der Waals surface area contributed by atoms with Crippen LogP contribution in [-0.4, -0.2) is 65.4 Å². The number of piperidine rings is 1. The van der Waals surface area contributed by atoms with Crippen molar-refractivity contribution in [2.75, 3.05) is 32.8 Å². The van der Waals surface area contributed by atoms with E-state index in [9.17, 15) is 9.90 Å². The van der Waals surface area contributed by atoms with Crippen LogP contribution in [0.4, 0.5) is 4.79 Å². The van der Waals surface area contributed by atoms with Crippen molar-refractivity contribution in [2.45, 2.75) is 51.7 Å². The molecule has 1 amide bonds. The molecule has 2 atom stereocenters. The predicted octanol–water partition coefficient (Wildman–Crippen LogP) is 1.70. The van der Waals surface area contributed by atoms with Crippen molar-refractivity contribution in [3.05, 3.63) is 0 Å². The Kier molecular flexibility index (Phi) is 4.91. The number of amides is 1. The van der Waals surface area contributed by atoms with Gasteiger partial charge in [-0.3, -0.25) is 4.90 Å². The third-order valence-electron chi connectivity index (χ3n) is 4.14. The lowest BCUT2D eigenvalue weighted by molar-refractivity contribution is 0.0267. The first kappa shape index (κ1) is 15.6. The fraction of sp³-hybridized carbons (Fsp3) is 0.933. The molecule has 0 aromatic carbocycles. The summed E-state index contributed by atoms with van der Waals surface area (Å²) in [4.78, 5) is 16.3. The summed E-state index contributed by atoms with van der Waals surface area (Å²) in [6.07, 6.45) is 3.08. The molecular formula is C15H28N2O3. The summed E-state index contributed by atoms with van der Waals surface area (Å²) >= 11 is 0. The Hall–Kier alpha value is -0.810. The highest BCUT2D eigenvalue weighted by atomic mass is 16.6. The molecule has 116 valence electrons. The Morgan fingerprint density at radius 3 is 2.65 bits per heavy atom. The SMILES string of the molecule is CC(C)(C)OC(=O)N1CCC(N2CCCC(CO)C2)C1. The number of nitrogens with zero attached hydrogens (tertiary/aromatic N) is 2. The molecular weight excluding hydrogens is 256 g/mol. The Labute approximate surface area is 121 Å². The van der Waals surface area contributed by atoms with Crippen LogP contribution in [0, 0.1) is 5.92 Å². The number of carbonyl (C=O) groups is 1. The molecule has 2 rings (SSSR count). The van der Waals surface area contributed by atoms with Crippen LogP contribution in [0.2, 0.25) is 0 Å². The van der Waals surface area contributed by atoms with Gasteiger partial charge in [-0.25, -0.2) is 4.79 Å². The Morgan fingerprint density at radius 2 is 2.00 bits per heavy atom. The van der Waals surface area contributed by atoms with Gasteiger partial charge in [0.15, 0.2) is 0 Å². The number of ether oxygens (including phenoxy) is 1. The Balaban J connectivity index is 1.84.